The van der Waals surface area contributed by atoms with Crippen LogP contribution in [-0.4, -0.2) is 11.9 Å². The van der Waals surface area contributed by atoms with Crippen LogP contribution in [0.1, 0.15) is 27.9 Å². The highest BCUT2D eigenvalue weighted by Gasteiger charge is 2.26. The highest BCUT2D eigenvalue weighted by atomic mass is 32.1. The number of anilines is 1. The third kappa shape index (κ3) is 2.38. The van der Waals surface area contributed by atoms with Crippen LogP contribution in [0.2, 0.25) is 0 Å². The van der Waals surface area contributed by atoms with Gasteiger partial charge >= 0.3 is 6.03 Å². The summed E-state index contributed by atoms with van der Waals surface area (Å²) >= 11 is 1.36. The molecule has 5 N–H and O–H groups in total. The van der Waals surface area contributed by atoms with Crippen LogP contribution in [-0.2, 0) is 12.8 Å². The first-order chi connectivity index (χ1) is 10.1. The summed E-state index contributed by atoms with van der Waals surface area (Å²) in [5.74, 6) is -0.532. The lowest BCUT2D eigenvalue weighted by atomic mass is 10.0. The molecule has 0 unspecified atom stereocenters. The van der Waals surface area contributed by atoms with Crippen molar-refractivity contribution in [3.8, 4) is 10.4 Å². The highest BCUT2D eigenvalue weighted by molar-refractivity contribution is 7.20. The number of benzene rings is 1. The summed E-state index contributed by atoms with van der Waals surface area (Å²) in [6, 6.07) is 7.42. The molecule has 3 amide bonds. The first-order valence-corrected chi connectivity index (χ1v) is 7.49. The number of thiophene rings is 1. The Kier molecular flexibility index (Phi) is 3.39. The van der Waals surface area contributed by atoms with E-state index in [0.29, 0.717) is 10.6 Å². The summed E-state index contributed by atoms with van der Waals surface area (Å²) < 4.78 is 0. The SMILES string of the molecule is NC(=O)Nc1sc2c(c1C(N)=O)CCCc1ccccc1-2. The van der Waals surface area contributed by atoms with Crippen molar-refractivity contribution in [2.45, 2.75) is 19.3 Å². The van der Waals surface area contributed by atoms with E-state index in [1.807, 2.05) is 18.2 Å². The quantitative estimate of drug-likeness (QED) is 0.794. The molecule has 0 aliphatic heterocycles. The van der Waals surface area contributed by atoms with Gasteiger partial charge in [0.2, 0.25) is 0 Å². The minimum absolute atomic E-state index is 0.394. The van der Waals surface area contributed by atoms with E-state index in [9.17, 15) is 9.59 Å². The van der Waals surface area contributed by atoms with E-state index in [0.717, 1.165) is 35.3 Å². The van der Waals surface area contributed by atoms with Crippen LogP contribution in [0.4, 0.5) is 9.80 Å². The predicted octanol–water partition coefficient (Wildman–Crippen LogP) is 2.49. The second-order valence-corrected chi connectivity index (χ2v) is 6.00. The molecule has 1 aliphatic rings. The van der Waals surface area contributed by atoms with E-state index >= 15 is 0 Å². The third-order valence-corrected chi connectivity index (χ3v) is 4.81. The van der Waals surface area contributed by atoms with E-state index in [2.05, 4.69) is 11.4 Å². The standard InChI is InChI=1S/C15H15N3O2S/c16-13(19)11-10-7-3-5-8-4-1-2-6-9(8)12(10)21-14(11)18-15(17)20/h1-2,4,6H,3,5,7H2,(H2,16,19)(H3,17,18,20). The molecule has 1 heterocycles. The maximum atomic E-state index is 11.8. The molecule has 0 saturated heterocycles. The number of hydrogen-bond donors (Lipinski definition) is 3. The summed E-state index contributed by atoms with van der Waals surface area (Å²) in [4.78, 5) is 23.9. The van der Waals surface area contributed by atoms with Gasteiger partial charge in [-0.1, -0.05) is 24.3 Å². The summed E-state index contributed by atoms with van der Waals surface area (Å²) in [5.41, 5.74) is 14.4. The first kappa shape index (κ1) is 13.6. The molecule has 0 bridgehead atoms. The van der Waals surface area contributed by atoms with Crippen molar-refractivity contribution in [3.05, 3.63) is 41.0 Å². The van der Waals surface area contributed by atoms with Crippen LogP contribution in [0.3, 0.4) is 0 Å². The van der Waals surface area contributed by atoms with Gasteiger partial charge in [0.15, 0.2) is 0 Å². The van der Waals surface area contributed by atoms with E-state index in [1.54, 1.807) is 0 Å². The van der Waals surface area contributed by atoms with Crippen LogP contribution < -0.4 is 16.8 Å². The molecule has 1 aromatic heterocycles. The first-order valence-electron chi connectivity index (χ1n) is 6.68. The maximum absolute atomic E-state index is 11.8. The second-order valence-electron chi connectivity index (χ2n) is 4.98. The number of urea groups is 1. The lowest BCUT2D eigenvalue weighted by Gasteiger charge is -2.04. The lowest BCUT2D eigenvalue weighted by molar-refractivity contribution is 0.100. The van der Waals surface area contributed by atoms with Crippen molar-refractivity contribution in [3.63, 3.8) is 0 Å². The fourth-order valence-corrected chi connectivity index (χ4v) is 4.12. The van der Waals surface area contributed by atoms with Gasteiger partial charge in [-0.25, -0.2) is 4.79 Å². The maximum Gasteiger partial charge on any atom is 0.317 e. The zero-order chi connectivity index (χ0) is 15.0. The van der Waals surface area contributed by atoms with Gasteiger partial charge in [-0.05, 0) is 36.0 Å². The minimum atomic E-state index is -0.692. The Morgan fingerprint density at radius 2 is 1.90 bits per heavy atom. The Labute approximate surface area is 126 Å². The third-order valence-electron chi connectivity index (χ3n) is 3.63. The molecule has 3 rings (SSSR count). The van der Waals surface area contributed by atoms with E-state index < -0.39 is 11.9 Å². The van der Waals surface area contributed by atoms with Crippen LogP contribution in [0.15, 0.2) is 24.3 Å². The molecular formula is C15H15N3O2S. The van der Waals surface area contributed by atoms with Gasteiger partial charge in [0.05, 0.1) is 5.56 Å². The van der Waals surface area contributed by atoms with Crippen molar-refractivity contribution >= 4 is 28.3 Å². The number of nitrogens with one attached hydrogen (secondary N) is 1. The highest BCUT2D eigenvalue weighted by Crippen LogP contribution is 2.44. The second kappa shape index (κ2) is 5.21. The Balaban J connectivity index is 2.23. The van der Waals surface area contributed by atoms with Crippen LogP contribution >= 0.6 is 11.3 Å². The van der Waals surface area contributed by atoms with Crippen molar-refractivity contribution in [1.29, 1.82) is 0 Å². The Hall–Kier alpha value is -2.34. The number of carbonyl (C=O) groups is 2. The molecule has 0 fully saturated rings. The average Bonchev–Trinajstić information content (AvgIpc) is 2.67. The number of primary amides is 2. The van der Waals surface area contributed by atoms with Gasteiger partial charge in [-0.2, -0.15) is 0 Å². The van der Waals surface area contributed by atoms with Gasteiger partial charge in [-0.15, -0.1) is 11.3 Å². The molecule has 0 spiro atoms. The van der Waals surface area contributed by atoms with Crippen molar-refractivity contribution < 1.29 is 9.59 Å². The molecule has 6 heteroatoms. The van der Waals surface area contributed by atoms with Crippen LogP contribution in [0.5, 0.6) is 0 Å². The predicted molar refractivity (Wildman–Crippen MR) is 83.5 cm³/mol. The Morgan fingerprint density at radius 3 is 2.62 bits per heavy atom. The molecule has 2 aromatic rings. The van der Waals surface area contributed by atoms with Crippen LogP contribution in [0.25, 0.3) is 10.4 Å². The summed E-state index contributed by atoms with van der Waals surface area (Å²) in [6.45, 7) is 0. The van der Waals surface area contributed by atoms with Gasteiger partial charge < -0.3 is 11.5 Å². The minimum Gasteiger partial charge on any atom is -0.365 e. The van der Waals surface area contributed by atoms with Crippen molar-refractivity contribution in [1.82, 2.24) is 0 Å². The fraction of sp³-hybridized carbons (Fsp3) is 0.200. The largest absolute Gasteiger partial charge is 0.365 e. The molecule has 0 atom stereocenters. The van der Waals surface area contributed by atoms with Crippen LogP contribution in [0, 0.1) is 0 Å². The number of carbonyl (C=O) groups excluding carboxylic acids is 2. The number of fused-ring (bicyclic) bond motifs is 3. The number of rotatable bonds is 2. The fourth-order valence-electron chi connectivity index (χ4n) is 2.80. The van der Waals surface area contributed by atoms with Crippen molar-refractivity contribution in [2.24, 2.45) is 11.5 Å². The number of amides is 3. The Bertz CT molecular complexity index is 737. The molecular weight excluding hydrogens is 286 g/mol. The molecule has 21 heavy (non-hydrogen) atoms. The van der Waals surface area contributed by atoms with E-state index in [1.165, 1.54) is 16.9 Å². The van der Waals surface area contributed by atoms with Gasteiger partial charge in [0.25, 0.3) is 5.91 Å². The summed E-state index contributed by atoms with van der Waals surface area (Å²) in [6.07, 6.45) is 2.67. The molecule has 108 valence electrons. The molecule has 0 radical (unpaired) electrons. The summed E-state index contributed by atoms with van der Waals surface area (Å²) in [7, 11) is 0. The van der Waals surface area contributed by atoms with E-state index in [-0.39, 0.29) is 0 Å². The number of hydrogen-bond acceptors (Lipinski definition) is 3. The van der Waals surface area contributed by atoms with Gasteiger partial charge in [0.1, 0.15) is 5.00 Å². The lowest BCUT2D eigenvalue weighted by Crippen LogP contribution is -2.22. The zero-order valence-corrected chi connectivity index (χ0v) is 12.1. The molecule has 0 saturated carbocycles. The molecule has 1 aromatic carbocycles. The van der Waals surface area contributed by atoms with Gasteiger partial charge in [-0.3, -0.25) is 10.1 Å². The normalized spacial score (nSPS) is 13.0. The monoisotopic (exact) mass is 301 g/mol. The average molecular weight is 301 g/mol. The van der Waals surface area contributed by atoms with E-state index in [4.69, 9.17) is 11.5 Å². The smallest absolute Gasteiger partial charge is 0.317 e. The van der Waals surface area contributed by atoms with Crippen molar-refractivity contribution in [2.75, 3.05) is 5.32 Å². The molecule has 1 aliphatic carbocycles. The van der Waals surface area contributed by atoms with Gasteiger partial charge in [0, 0.05) is 4.88 Å². The summed E-state index contributed by atoms with van der Waals surface area (Å²) in [5, 5.41) is 2.96. The number of aryl methyl sites for hydroxylation is 1. The topological polar surface area (TPSA) is 98.2 Å². The Morgan fingerprint density at radius 1 is 1.14 bits per heavy atom. The number of nitrogens with two attached hydrogens (primary N) is 2. The molecule has 5 nitrogen and oxygen atoms in total. The zero-order valence-electron chi connectivity index (χ0n) is 11.3.